The average molecular weight is 448 g/mol. The van der Waals surface area contributed by atoms with Gasteiger partial charge in [-0.1, -0.05) is 38.3 Å². The molecular weight excluding hydrogens is 410 g/mol. The van der Waals surface area contributed by atoms with Crippen LogP contribution in [0.15, 0.2) is 24.3 Å². The predicted molar refractivity (Wildman–Crippen MR) is 122 cm³/mol. The summed E-state index contributed by atoms with van der Waals surface area (Å²) in [5, 5.41) is 15.3. The summed E-state index contributed by atoms with van der Waals surface area (Å²) in [5.74, 6) is -0.545. The van der Waals surface area contributed by atoms with Crippen LogP contribution in [0.2, 0.25) is 0 Å². The Labute approximate surface area is 190 Å². The molecular formula is C24H37N3O5. The smallest absolute Gasteiger partial charge is 0.408 e. The van der Waals surface area contributed by atoms with E-state index in [9.17, 15) is 19.5 Å². The second kappa shape index (κ2) is 11.7. The van der Waals surface area contributed by atoms with E-state index < -0.39 is 17.7 Å². The maximum Gasteiger partial charge on any atom is 0.408 e. The Morgan fingerprint density at radius 3 is 2.31 bits per heavy atom. The van der Waals surface area contributed by atoms with Crippen molar-refractivity contribution < 1.29 is 24.2 Å². The van der Waals surface area contributed by atoms with Crippen LogP contribution in [0.4, 0.5) is 4.79 Å². The summed E-state index contributed by atoms with van der Waals surface area (Å²) >= 11 is 0. The Morgan fingerprint density at radius 1 is 1.12 bits per heavy atom. The zero-order valence-electron chi connectivity index (χ0n) is 19.6. The van der Waals surface area contributed by atoms with Gasteiger partial charge in [0.1, 0.15) is 23.9 Å². The van der Waals surface area contributed by atoms with Crippen LogP contribution in [-0.4, -0.2) is 52.6 Å². The zero-order chi connectivity index (χ0) is 23.7. The maximum atomic E-state index is 13.4. The Bertz CT molecular complexity index is 767. The summed E-state index contributed by atoms with van der Waals surface area (Å²) < 4.78 is 5.21. The fourth-order valence-electron chi connectivity index (χ4n) is 3.86. The molecule has 3 amide bonds. The molecule has 0 spiro atoms. The number of nitrogens with zero attached hydrogens (tertiary/aromatic N) is 1. The highest BCUT2D eigenvalue weighted by molar-refractivity contribution is 5.90. The van der Waals surface area contributed by atoms with E-state index in [1.54, 1.807) is 32.9 Å². The number of benzene rings is 1. The summed E-state index contributed by atoms with van der Waals surface area (Å²) in [6.45, 7) is 7.23. The Kier molecular flexibility index (Phi) is 9.35. The van der Waals surface area contributed by atoms with Gasteiger partial charge in [0.2, 0.25) is 11.8 Å². The van der Waals surface area contributed by atoms with Gasteiger partial charge in [0, 0.05) is 12.6 Å². The lowest BCUT2D eigenvalue weighted by molar-refractivity contribution is -0.140. The molecule has 0 bridgehead atoms. The van der Waals surface area contributed by atoms with Crippen LogP contribution in [-0.2, 0) is 14.3 Å². The first-order valence-corrected chi connectivity index (χ1v) is 11.5. The van der Waals surface area contributed by atoms with Crippen molar-refractivity contribution >= 4 is 17.9 Å². The van der Waals surface area contributed by atoms with E-state index in [-0.39, 0.29) is 30.2 Å². The van der Waals surface area contributed by atoms with E-state index in [0.29, 0.717) is 18.5 Å². The minimum absolute atomic E-state index is 0.0835. The van der Waals surface area contributed by atoms with Crippen molar-refractivity contribution in [1.82, 2.24) is 15.5 Å². The quantitative estimate of drug-likeness (QED) is 0.564. The van der Waals surface area contributed by atoms with Crippen molar-refractivity contribution in [2.24, 2.45) is 0 Å². The van der Waals surface area contributed by atoms with E-state index in [4.69, 9.17) is 4.74 Å². The van der Waals surface area contributed by atoms with Crippen molar-refractivity contribution in [2.45, 2.75) is 83.9 Å². The predicted octanol–water partition coefficient (Wildman–Crippen LogP) is 3.65. The van der Waals surface area contributed by atoms with Crippen molar-refractivity contribution in [3.8, 4) is 5.75 Å². The highest BCUT2D eigenvalue weighted by Crippen LogP contribution is 2.25. The van der Waals surface area contributed by atoms with E-state index >= 15 is 0 Å². The van der Waals surface area contributed by atoms with Crippen LogP contribution in [0.25, 0.3) is 0 Å². The number of rotatable bonds is 8. The molecule has 0 aliphatic heterocycles. The first-order valence-electron chi connectivity index (χ1n) is 11.5. The summed E-state index contributed by atoms with van der Waals surface area (Å²) in [6.07, 6.45) is 5.13. The van der Waals surface area contributed by atoms with Gasteiger partial charge in [-0.05, 0) is 57.7 Å². The van der Waals surface area contributed by atoms with Gasteiger partial charge in [-0.25, -0.2) is 4.79 Å². The number of hydrogen-bond acceptors (Lipinski definition) is 5. The molecule has 0 radical (unpaired) electrons. The molecule has 3 N–H and O–H groups in total. The molecule has 1 atom stereocenters. The number of amides is 3. The van der Waals surface area contributed by atoms with Crippen molar-refractivity contribution in [3.63, 3.8) is 0 Å². The molecule has 2 rings (SSSR count). The highest BCUT2D eigenvalue weighted by atomic mass is 16.6. The maximum absolute atomic E-state index is 13.4. The van der Waals surface area contributed by atoms with E-state index in [1.165, 1.54) is 23.5 Å². The highest BCUT2D eigenvalue weighted by Gasteiger charge is 2.32. The molecule has 0 aromatic heterocycles. The first kappa shape index (κ1) is 25.5. The molecule has 1 aromatic rings. The molecule has 1 aliphatic carbocycles. The van der Waals surface area contributed by atoms with Crippen LogP contribution in [0.5, 0.6) is 5.75 Å². The third-order valence-electron chi connectivity index (χ3n) is 5.29. The molecule has 8 heteroatoms. The number of ether oxygens (including phenoxy) is 1. The van der Waals surface area contributed by atoms with E-state index in [2.05, 4.69) is 10.6 Å². The largest absolute Gasteiger partial charge is 0.508 e. The topological polar surface area (TPSA) is 108 Å². The third-order valence-corrected chi connectivity index (χ3v) is 5.29. The number of hydrogen-bond donors (Lipinski definition) is 3. The van der Waals surface area contributed by atoms with Gasteiger partial charge in [0.05, 0.1) is 0 Å². The average Bonchev–Trinajstić information content (AvgIpc) is 2.72. The molecule has 32 heavy (non-hydrogen) atoms. The second-order valence-corrected chi connectivity index (χ2v) is 9.28. The monoisotopic (exact) mass is 447 g/mol. The molecule has 0 heterocycles. The molecule has 1 fully saturated rings. The molecule has 1 aliphatic rings. The lowest BCUT2D eigenvalue weighted by Gasteiger charge is -2.33. The fourth-order valence-corrected chi connectivity index (χ4v) is 3.86. The third kappa shape index (κ3) is 8.05. The van der Waals surface area contributed by atoms with Crippen molar-refractivity contribution in [3.05, 3.63) is 29.8 Å². The molecule has 1 saturated carbocycles. The van der Waals surface area contributed by atoms with Gasteiger partial charge < -0.3 is 25.4 Å². The van der Waals surface area contributed by atoms with Crippen molar-refractivity contribution in [2.75, 3.05) is 13.1 Å². The molecule has 1 aromatic carbocycles. The Morgan fingerprint density at radius 2 is 1.75 bits per heavy atom. The lowest BCUT2D eigenvalue weighted by atomic mass is 9.94. The molecule has 1 unspecified atom stereocenters. The normalized spacial score (nSPS) is 15.5. The number of nitrogens with one attached hydrogen (secondary N) is 2. The number of carbonyl (C=O) groups excluding carboxylic acids is 3. The zero-order valence-corrected chi connectivity index (χ0v) is 19.6. The Hall–Kier alpha value is -2.77. The molecule has 8 nitrogen and oxygen atoms in total. The number of phenols is 1. The number of phenolic OH excluding ortho intramolecular Hbond substituents is 1. The standard InChI is InChI=1S/C24H37N3O5/c1-5-15-27(20(29)16-25-23(31)32-24(2,3)4)21(17-11-13-19(28)14-12-17)22(30)26-18-9-7-6-8-10-18/h11-14,18,21,28H,5-10,15-16H2,1-4H3,(H,25,31)(H,26,30). The van der Waals surface area contributed by atoms with Crippen LogP contribution in [0, 0.1) is 0 Å². The number of carbonyl (C=O) groups is 3. The number of aromatic hydroxyl groups is 1. The molecule has 0 saturated heterocycles. The summed E-state index contributed by atoms with van der Waals surface area (Å²) in [5.41, 5.74) is -0.0693. The van der Waals surface area contributed by atoms with Gasteiger partial charge in [-0.2, -0.15) is 0 Å². The lowest BCUT2D eigenvalue weighted by Crippen LogP contribution is -2.50. The fraction of sp³-hybridized carbons (Fsp3) is 0.625. The minimum atomic E-state index is -0.856. The Balaban J connectivity index is 2.21. The summed E-state index contributed by atoms with van der Waals surface area (Å²) in [4.78, 5) is 40.0. The van der Waals surface area contributed by atoms with Gasteiger partial charge in [0.15, 0.2) is 0 Å². The van der Waals surface area contributed by atoms with Gasteiger partial charge >= 0.3 is 6.09 Å². The SMILES string of the molecule is CCCN(C(=O)CNC(=O)OC(C)(C)C)C(C(=O)NC1CCCCC1)c1ccc(O)cc1. The van der Waals surface area contributed by atoms with Gasteiger partial charge in [-0.3, -0.25) is 9.59 Å². The van der Waals surface area contributed by atoms with Gasteiger partial charge in [-0.15, -0.1) is 0 Å². The summed E-state index contributed by atoms with van der Waals surface area (Å²) in [6, 6.07) is 5.54. The van der Waals surface area contributed by atoms with E-state index in [0.717, 1.165) is 25.7 Å². The second-order valence-electron chi connectivity index (χ2n) is 9.28. The van der Waals surface area contributed by atoms with Crippen LogP contribution < -0.4 is 10.6 Å². The van der Waals surface area contributed by atoms with E-state index in [1.807, 2.05) is 6.92 Å². The minimum Gasteiger partial charge on any atom is -0.508 e. The summed E-state index contributed by atoms with van der Waals surface area (Å²) in [7, 11) is 0. The molecule has 178 valence electrons. The van der Waals surface area contributed by atoms with Crippen LogP contribution >= 0.6 is 0 Å². The number of alkyl carbamates (subject to hydrolysis) is 1. The van der Waals surface area contributed by atoms with Gasteiger partial charge in [0.25, 0.3) is 0 Å². The van der Waals surface area contributed by atoms with Crippen molar-refractivity contribution in [1.29, 1.82) is 0 Å². The van der Waals surface area contributed by atoms with Crippen LogP contribution in [0.1, 0.15) is 77.8 Å². The first-order chi connectivity index (χ1) is 15.1. The van der Waals surface area contributed by atoms with Crippen LogP contribution in [0.3, 0.4) is 0 Å².